The van der Waals surface area contributed by atoms with E-state index in [0.717, 1.165) is 35.5 Å². The van der Waals surface area contributed by atoms with Gasteiger partial charge in [0.15, 0.2) is 0 Å². The highest BCUT2D eigenvalue weighted by Crippen LogP contribution is 2.43. The minimum Gasteiger partial charge on any atom is -0.103 e. The van der Waals surface area contributed by atoms with Crippen molar-refractivity contribution in [1.82, 2.24) is 0 Å². The summed E-state index contributed by atoms with van der Waals surface area (Å²) in [4.78, 5) is 0. The summed E-state index contributed by atoms with van der Waals surface area (Å²) in [6.45, 7) is 6.30. The van der Waals surface area contributed by atoms with Gasteiger partial charge in [-0.05, 0) is 99.7 Å². The minimum atomic E-state index is 0.797. The Kier molecular flexibility index (Phi) is 10.4. The fraction of sp³-hybridized carbons (Fsp3) is 0.862. The van der Waals surface area contributed by atoms with Crippen LogP contribution in [0.5, 0.6) is 0 Å². The number of hydrogen-bond donors (Lipinski definition) is 0. The first-order chi connectivity index (χ1) is 14.3. The zero-order valence-electron chi connectivity index (χ0n) is 19.6. The Morgan fingerprint density at radius 3 is 1.76 bits per heavy atom. The van der Waals surface area contributed by atoms with E-state index in [2.05, 4.69) is 31.7 Å². The molecule has 0 aromatic rings. The van der Waals surface area contributed by atoms with Crippen LogP contribution in [0.1, 0.15) is 122 Å². The highest BCUT2D eigenvalue weighted by atomic mass is 14.4. The van der Waals surface area contributed by atoms with Crippen LogP contribution in [0.3, 0.4) is 0 Å². The largest absolute Gasteiger partial charge is 0.103 e. The average Bonchev–Trinajstić information content (AvgIpc) is 2.78. The van der Waals surface area contributed by atoms with E-state index < -0.39 is 0 Å². The molecule has 3 saturated carbocycles. The summed E-state index contributed by atoms with van der Waals surface area (Å²) < 4.78 is 0. The van der Waals surface area contributed by atoms with Crippen molar-refractivity contribution in [3.05, 3.63) is 24.8 Å². The summed E-state index contributed by atoms with van der Waals surface area (Å²) in [6, 6.07) is 0. The number of allylic oxidation sites excluding steroid dienone is 3. The molecular weight excluding hydrogens is 348 g/mol. The Bertz CT molecular complexity index is 450. The van der Waals surface area contributed by atoms with Gasteiger partial charge in [-0.3, -0.25) is 0 Å². The van der Waals surface area contributed by atoms with Crippen molar-refractivity contribution in [1.29, 1.82) is 0 Å². The average molecular weight is 399 g/mol. The molecule has 0 nitrogen and oxygen atoms in total. The molecule has 0 heterocycles. The quantitative estimate of drug-likeness (QED) is 0.254. The molecule has 0 aromatic carbocycles. The van der Waals surface area contributed by atoms with Crippen LogP contribution in [0.25, 0.3) is 0 Å². The lowest BCUT2D eigenvalue weighted by Crippen LogP contribution is -2.25. The van der Waals surface area contributed by atoms with E-state index >= 15 is 0 Å². The van der Waals surface area contributed by atoms with Crippen LogP contribution in [-0.2, 0) is 0 Å². The van der Waals surface area contributed by atoms with E-state index in [9.17, 15) is 0 Å². The maximum atomic E-state index is 3.97. The van der Waals surface area contributed by atoms with Gasteiger partial charge in [0.25, 0.3) is 0 Å². The fourth-order valence-electron chi connectivity index (χ4n) is 6.77. The molecule has 3 aliphatic carbocycles. The van der Waals surface area contributed by atoms with Gasteiger partial charge in [0, 0.05) is 0 Å². The SMILES string of the molecule is C=C[C@H]1CC[C@H](C=CCC[C@H]2CC[C@H]([C@H]3CC[C@H](CCCCC)CC3)CC2)CC1. The van der Waals surface area contributed by atoms with Gasteiger partial charge >= 0.3 is 0 Å². The first kappa shape index (κ1) is 23.1. The minimum absolute atomic E-state index is 0.797. The van der Waals surface area contributed by atoms with Crippen LogP contribution < -0.4 is 0 Å². The zero-order valence-corrected chi connectivity index (χ0v) is 19.6. The molecule has 3 fully saturated rings. The smallest absolute Gasteiger partial charge is 0.0233 e. The summed E-state index contributed by atoms with van der Waals surface area (Å²) in [5.74, 6) is 5.93. The Morgan fingerprint density at radius 2 is 1.21 bits per heavy atom. The molecule has 0 amide bonds. The molecule has 166 valence electrons. The highest BCUT2D eigenvalue weighted by Gasteiger charge is 2.30. The lowest BCUT2D eigenvalue weighted by Gasteiger charge is -2.38. The summed E-state index contributed by atoms with van der Waals surface area (Å²) in [5, 5.41) is 0. The van der Waals surface area contributed by atoms with Crippen LogP contribution in [0, 0.1) is 35.5 Å². The van der Waals surface area contributed by atoms with E-state index in [1.807, 2.05) is 0 Å². The predicted octanol–water partition coefficient (Wildman–Crippen LogP) is 9.51. The van der Waals surface area contributed by atoms with Crippen molar-refractivity contribution in [3.63, 3.8) is 0 Å². The Hall–Kier alpha value is -0.520. The van der Waals surface area contributed by atoms with Gasteiger partial charge in [-0.1, -0.05) is 76.5 Å². The van der Waals surface area contributed by atoms with Gasteiger partial charge in [0.1, 0.15) is 0 Å². The first-order valence-electron chi connectivity index (χ1n) is 13.6. The molecule has 0 heteroatoms. The van der Waals surface area contributed by atoms with Crippen molar-refractivity contribution >= 4 is 0 Å². The Balaban J connectivity index is 1.24. The van der Waals surface area contributed by atoms with Crippen molar-refractivity contribution in [2.75, 3.05) is 0 Å². The van der Waals surface area contributed by atoms with Gasteiger partial charge in [-0.2, -0.15) is 0 Å². The molecule has 0 unspecified atom stereocenters. The van der Waals surface area contributed by atoms with Crippen LogP contribution in [0.4, 0.5) is 0 Å². The second-order valence-electron chi connectivity index (χ2n) is 11.0. The number of rotatable bonds is 10. The van der Waals surface area contributed by atoms with E-state index in [-0.39, 0.29) is 0 Å². The summed E-state index contributed by atoms with van der Waals surface area (Å²) >= 11 is 0. The third kappa shape index (κ3) is 7.91. The Labute approximate surface area is 183 Å². The van der Waals surface area contributed by atoms with Gasteiger partial charge in [0.2, 0.25) is 0 Å². The maximum Gasteiger partial charge on any atom is -0.0233 e. The number of hydrogen-bond acceptors (Lipinski definition) is 0. The van der Waals surface area contributed by atoms with Gasteiger partial charge in [-0.25, -0.2) is 0 Å². The monoisotopic (exact) mass is 398 g/mol. The molecule has 0 N–H and O–H groups in total. The van der Waals surface area contributed by atoms with E-state index in [0.29, 0.717) is 0 Å². The lowest BCUT2D eigenvalue weighted by atomic mass is 9.68. The summed E-state index contributed by atoms with van der Waals surface area (Å²) in [7, 11) is 0. The molecule has 29 heavy (non-hydrogen) atoms. The van der Waals surface area contributed by atoms with Crippen LogP contribution in [-0.4, -0.2) is 0 Å². The third-order valence-electron chi connectivity index (χ3n) is 8.97. The topological polar surface area (TPSA) is 0 Å². The molecule has 3 rings (SSSR count). The summed E-state index contributed by atoms with van der Waals surface area (Å²) in [5.41, 5.74) is 0. The predicted molar refractivity (Wildman–Crippen MR) is 129 cm³/mol. The second-order valence-corrected chi connectivity index (χ2v) is 11.0. The first-order valence-corrected chi connectivity index (χ1v) is 13.6. The maximum absolute atomic E-state index is 3.97. The van der Waals surface area contributed by atoms with Crippen LogP contribution in [0.15, 0.2) is 24.8 Å². The Morgan fingerprint density at radius 1 is 0.655 bits per heavy atom. The van der Waals surface area contributed by atoms with Crippen molar-refractivity contribution in [2.24, 2.45) is 35.5 Å². The van der Waals surface area contributed by atoms with E-state index in [1.165, 1.54) is 77.0 Å². The molecule has 0 spiro atoms. The van der Waals surface area contributed by atoms with Crippen molar-refractivity contribution < 1.29 is 0 Å². The molecule has 0 aromatic heterocycles. The van der Waals surface area contributed by atoms with Gasteiger partial charge in [-0.15, -0.1) is 6.58 Å². The molecule has 3 aliphatic rings. The van der Waals surface area contributed by atoms with E-state index in [4.69, 9.17) is 0 Å². The molecular formula is C29H50. The summed E-state index contributed by atoms with van der Waals surface area (Å²) in [6.07, 6.45) is 33.8. The van der Waals surface area contributed by atoms with Gasteiger partial charge in [0.05, 0.1) is 0 Å². The molecule has 0 bridgehead atoms. The normalized spacial score (nSPS) is 36.3. The van der Waals surface area contributed by atoms with Gasteiger partial charge < -0.3 is 0 Å². The van der Waals surface area contributed by atoms with Crippen molar-refractivity contribution in [2.45, 2.75) is 122 Å². The zero-order chi connectivity index (χ0) is 20.3. The number of unbranched alkanes of at least 4 members (excludes halogenated alkanes) is 2. The molecule has 0 radical (unpaired) electrons. The van der Waals surface area contributed by atoms with E-state index in [1.54, 1.807) is 38.5 Å². The van der Waals surface area contributed by atoms with Crippen molar-refractivity contribution in [3.8, 4) is 0 Å². The standard InChI is InChI=1S/C29H50/c1-3-5-6-9-26-16-20-28(21-17-26)29-22-18-27(19-23-29)11-8-7-10-25-14-12-24(4-2)13-15-25/h4,7,10,24-29H,2-3,5-6,8-9,11-23H2,1H3/t24-,25-,26-,27-,28-,29-. The second kappa shape index (κ2) is 13.0. The lowest BCUT2D eigenvalue weighted by molar-refractivity contribution is 0.140. The molecule has 0 saturated heterocycles. The molecule has 0 atom stereocenters. The third-order valence-corrected chi connectivity index (χ3v) is 8.97. The molecule has 0 aliphatic heterocycles. The highest BCUT2D eigenvalue weighted by molar-refractivity contribution is 4.94. The van der Waals surface area contributed by atoms with Crippen LogP contribution >= 0.6 is 0 Å². The fourth-order valence-corrected chi connectivity index (χ4v) is 6.77. The van der Waals surface area contributed by atoms with Crippen LogP contribution in [0.2, 0.25) is 0 Å².